The highest BCUT2D eigenvalue weighted by Crippen LogP contribution is 2.18. The number of aromatic nitrogens is 2. The van der Waals surface area contributed by atoms with Gasteiger partial charge in [0.2, 0.25) is 0 Å². The molecule has 0 fully saturated rings. The molecule has 0 aliphatic rings. The van der Waals surface area contributed by atoms with Gasteiger partial charge in [-0.3, -0.25) is 0 Å². The van der Waals surface area contributed by atoms with Crippen molar-refractivity contribution in [2.75, 3.05) is 0 Å². The molecule has 2 heteroatoms. The summed E-state index contributed by atoms with van der Waals surface area (Å²) in [5, 5.41) is 0. The normalized spacial score (nSPS) is 13.0. The third-order valence-electron chi connectivity index (χ3n) is 3.24. The van der Waals surface area contributed by atoms with Gasteiger partial charge in [-0.1, -0.05) is 39.5 Å². The van der Waals surface area contributed by atoms with Crippen molar-refractivity contribution in [1.29, 1.82) is 0 Å². The van der Waals surface area contributed by atoms with E-state index in [1.807, 2.05) is 12.4 Å². The van der Waals surface area contributed by atoms with Crippen LogP contribution >= 0.6 is 0 Å². The Bertz CT molecular complexity index is 265. The lowest BCUT2D eigenvalue weighted by atomic mass is 9.94. The van der Waals surface area contributed by atoms with Crippen LogP contribution in [0.2, 0.25) is 0 Å². The molecule has 1 unspecified atom stereocenters. The maximum absolute atomic E-state index is 4.37. The Morgan fingerprint density at radius 1 is 1.33 bits per heavy atom. The average Bonchev–Trinajstić information content (AvgIpc) is 2.65. The van der Waals surface area contributed by atoms with Crippen LogP contribution in [0.25, 0.3) is 0 Å². The Morgan fingerprint density at radius 2 is 2.13 bits per heavy atom. The first-order valence-corrected chi connectivity index (χ1v) is 6.24. The lowest BCUT2D eigenvalue weighted by Crippen LogP contribution is -2.04. The van der Waals surface area contributed by atoms with E-state index in [0.717, 1.165) is 12.3 Å². The molecule has 86 valence electrons. The highest BCUT2D eigenvalue weighted by Gasteiger charge is 2.07. The maximum atomic E-state index is 4.37. The van der Waals surface area contributed by atoms with Crippen molar-refractivity contribution in [3.63, 3.8) is 0 Å². The summed E-state index contributed by atoms with van der Waals surface area (Å²) in [5.41, 5.74) is 0. The second kappa shape index (κ2) is 6.65. The van der Waals surface area contributed by atoms with Gasteiger partial charge in [-0.15, -0.1) is 0 Å². The fraction of sp³-hybridized carbons (Fsp3) is 0.769. The Labute approximate surface area is 93.7 Å². The van der Waals surface area contributed by atoms with Gasteiger partial charge in [0.05, 0.1) is 0 Å². The van der Waals surface area contributed by atoms with Crippen LogP contribution in [0.15, 0.2) is 12.4 Å². The van der Waals surface area contributed by atoms with Crippen molar-refractivity contribution < 1.29 is 0 Å². The Balaban J connectivity index is 2.31. The number of imidazole rings is 1. The van der Waals surface area contributed by atoms with Crippen molar-refractivity contribution in [1.82, 2.24) is 9.55 Å². The Morgan fingerprint density at radius 3 is 2.67 bits per heavy atom. The molecule has 1 heterocycles. The van der Waals surface area contributed by atoms with E-state index in [0.29, 0.717) is 0 Å². The molecular formula is C13H24N2. The molecule has 0 N–H and O–H groups in total. The second-order valence-electron chi connectivity index (χ2n) is 4.41. The summed E-state index contributed by atoms with van der Waals surface area (Å²) < 4.78 is 2.13. The second-order valence-corrected chi connectivity index (χ2v) is 4.41. The fourth-order valence-electron chi connectivity index (χ4n) is 2.02. The van der Waals surface area contributed by atoms with Crippen LogP contribution < -0.4 is 0 Å². The number of hydrogen-bond donors (Lipinski definition) is 0. The van der Waals surface area contributed by atoms with E-state index in [-0.39, 0.29) is 0 Å². The van der Waals surface area contributed by atoms with Crippen LogP contribution in [-0.4, -0.2) is 9.55 Å². The summed E-state index contributed by atoms with van der Waals surface area (Å²) in [5.74, 6) is 2.12. The van der Waals surface area contributed by atoms with Crippen LogP contribution in [0, 0.1) is 5.92 Å². The lowest BCUT2D eigenvalue weighted by molar-refractivity contribution is 0.416. The summed E-state index contributed by atoms with van der Waals surface area (Å²) >= 11 is 0. The summed E-state index contributed by atoms with van der Waals surface area (Å²) in [4.78, 5) is 4.37. The molecule has 2 nitrogen and oxygen atoms in total. The molecule has 15 heavy (non-hydrogen) atoms. The molecule has 0 bridgehead atoms. The summed E-state index contributed by atoms with van der Waals surface area (Å²) in [6.45, 7) is 4.57. The zero-order valence-corrected chi connectivity index (χ0v) is 10.4. The van der Waals surface area contributed by atoms with Gasteiger partial charge in [-0.05, 0) is 12.3 Å². The number of aryl methyl sites for hydroxylation is 2. The van der Waals surface area contributed by atoms with Crippen molar-refractivity contribution in [2.45, 2.75) is 52.4 Å². The standard InChI is InChI=1S/C13H24N2/c1-4-6-7-12(5-2)8-9-13-14-10-11-15(13)3/h10-12H,4-9H2,1-3H3. The lowest BCUT2D eigenvalue weighted by Gasteiger charge is -2.13. The minimum absolute atomic E-state index is 0.890. The maximum Gasteiger partial charge on any atom is 0.108 e. The fourth-order valence-corrected chi connectivity index (χ4v) is 2.02. The molecular weight excluding hydrogens is 184 g/mol. The molecule has 1 atom stereocenters. The number of rotatable bonds is 7. The van der Waals surface area contributed by atoms with Gasteiger partial charge in [-0.2, -0.15) is 0 Å². The Kier molecular flexibility index (Phi) is 5.44. The zero-order chi connectivity index (χ0) is 11.1. The third kappa shape index (κ3) is 4.06. The van der Waals surface area contributed by atoms with E-state index in [4.69, 9.17) is 0 Å². The van der Waals surface area contributed by atoms with Gasteiger partial charge in [0.25, 0.3) is 0 Å². The molecule has 0 aliphatic heterocycles. The van der Waals surface area contributed by atoms with Crippen LogP contribution in [-0.2, 0) is 13.5 Å². The monoisotopic (exact) mass is 208 g/mol. The first-order chi connectivity index (χ1) is 7.27. The molecule has 0 aromatic carbocycles. The van der Waals surface area contributed by atoms with Crippen molar-refractivity contribution in [3.05, 3.63) is 18.2 Å². The minimum atomic E-state index is 0.890. The van der Waals surface area contributed by atoms with Gasteiger partial charge < -0.3 is 4.57 Å². The molecule has 1 aromatic heterocycles. The molecule has 0 aliphatic carbocycles. The molecule has 0 spiro atoms. The van der Waals surface area contributed by atoms with Crippen molar-refractivity contribution in [3.8, 4) is 0 Å². The predicted molar refractivity (Wildman–Crippen MR) is 64.8 cm³/mol. The van der Waals surface area contributed by atoms with E-state index in [2.05, 4.69) is 30.4 Å². The van der Waals surface area contributed by atoms with E-state index < -0.39 is 0 Å². The first-order valence-electron chi connectivity index (χ1n) is 6.24. The predicted octanol–water partition coefficient (Wildman–Crippen LogP) is 3.57. The topological polar surface area (TPSA) is 17.8 Å². The highest BCUT2D eigenvalue weighted by molar-refractivity contribution is 4.91. The number of unbranched alkanes of at least 4 members (excludes halogenated alkanes) is 1. The summed E-state index contributed by atoms with van der Waals surface area (Å²) in [6, 6.07) is 0. The molecule has 1 rings (SSSR count). The van der Waals surface area contributed by atoms with Gasteiger partial charge in [0, 0.05) is 25.9 Å². The summed E-state index contributed by atoms with van der Waals surface area (Å²) in [6.07, 6.45) is 11.7. The van der Waals surface area contributed by atoms with E-state index in [1.165, 1.54) is 37.9 Å². The zero-order valence-electron chi connectivity index (χ0n) is 10.4. The van der Waals surface area contributed by atoms with Crippen LogP contribution in [0.4, 0.5) is 0 Å². The van der Waals surface area contributed by atoms with Gasteiger partial charge in [0.15, 0.2) is 0 Å². The van der Waals surface area contributed by atoms with Crippen LogP contribution in [0.1, 0.15) is 51.8 Å². The van der Waals surface area contributed by atoms with Gasteiger partial charge in [0.1, 0.15) is 5.82 Å². The molecule has 0 saturated heterocycles. The number of hydrogen-bond acceptors (Lipinski definition) is 1. The van der Waals surface area contributed by atoms with E-state index in [1.54, 1.807) is 0 Å². The van der Waals surface area contributed by atoms with Crippen LogP contribution in [0.5, 0.6) is 0 Å². The van der Waals surface area contributed by atoms with E-state index >= 15 is 0 Å². The van der Waals surface area contributed by atoms with Crippen molar-refractivity contribution in [2.24, 2.45) is 13.0 Å². The van der Waals surface area contributed by atoms with Crippen molar-refractivity contribution >= 4 is 0 Å². The van der Waals surface area contributed by atoms with Gasteiger partial charge >= 0.3 is 0 Å². The minimum Gasteiger partial charge on any atom is -0.338 e. The first kappa shape index (κ1) is 12.3. The highest BCUT2D eigenvalue weighted by atomic mass is 15.0. The molecule has 0 radical (unpaired) electrons. The smallest absolute Gasteiger partial charge is 0.108 e. The SMILES string of the molecule is CCCCC(CC)CCc1nccn1C. The van der Waals surface area contributed by atoms with Gasteiger partial charge in [-0.25, -0.2) is 4.98 Å². The van der Waals surface area contributed by atoms with E-state index in [9.17, 15) is 0 Å². The summed E-state index contributed by atoms with van der Waals surface area (Å²) in [7, 11) is 2.08. The molecule has 0 saturated carbocycles. The van der Waals surface area contributed by atoms with Crippen LogP contribution in [0.3, 0.4) is 0 Å². The third-order valence-corrected chi connectivity index (χ3v) is 3.24. The molecule has 0 amide bonds. The Hall–Kier alpha value is -0.790. The number of nitrogens with zero attached hydrogens (tertiary/aromatic N) is 2. The molecule has 1 aromatic rings. The quantitative estimate of drug-likeness (QED) is 0.670. The largest absolute Gasteiger partial charge is 0.338 e. The average molecular weight is 208 g/mol.